The van der Waals surface area contributed by atoms with E-state index in [0.29, 0.717) is 6.42 Å². The number of rotatable bonds is 2. The number of hydrogen-bond acceptors (Lipinski definition) is 3. The lowest BCUT2D eigenvalue weighted by atomic mass is 10.1. The fraction of sp³-hybridized carbons (Fsp3) is 0.100. The molecule has 0 bridgehead atoms. The summed E-state index contributed by atoms with van der Waals surface area (Å²) < 4.78 is 4.65. The molecule has 13 heavy (non-hydrogen) atoms. The van der Waals surface area contributed by atoms with Crippen LogP contribution in [0.2, 0.25) is 0 Å². The average Bonchev–Trinajstić information content (AvgIpc) is 2.57. The van der Waals surface area contributed by atoms with E-state index in [1.165, 1.54) is 6.26 Å². The molecule has 2 aromatic rings. The van der Waals surface area contributed by atoms with Gasteiger partial charge in [0.15, 0.2) is 0 Å². The first-order valence-corrected chi connectivity index (χ1v) is 3.93. The number of hydrogen-bond donors (Lipinski definition) is 1. The van der Waals surface area contributed by atoms with Crippen LogP contribution in [0.4, 0.5) is 0 Å². The predicted octanol–water partition coefficient (Wildman–Crippen LogP) is 1.77. The van der Waals surface area contributed by atoms with Crippen LogP contribution in [0.25, 0.3) is 0 Å². The number of phenols is 1. The topological polar surface area (TPSA) is 46.3 Å². The Balaban J connectivity index is 2.19. The molecule has 0 saturated carbocycles. The van der Waals surface area contributed by atoms with E-state index >= 15 is 0 Å². The third-order valence-corrected chi connectivity index (χ3v) is 1.72. The largest absolute Gasteiger partial charge is 0.508 e. The molecule has 3 heteroatoms. The van der Waals surface area contributed by atoms with Crippen LogP contribution in [0, 0.1) is 6.07 Å². The SMILES string of the molecule is Oc1cccc(Cc2[c]con2)c1. The van der Waals surface area contributed by atoms with Gasteiger partial charge in [0.05, 0.1) is 11.8 Å². The molecule has 3 nitrogen and oxygen atoms in total. The van der Waals surface area contributed by atoms with Gasteiger partial charge in [-0.1, -0.05) is 17.3 Å². The molecule has 1 aromatic carbocycles. The van der Waals surface area contributed by atoms with Crippen LogP contribution < -0.4 is 0 Å². The lowest BCUT2D eigenvalue weighted by molar-refractivity contribution is 0.413. The second-order valence-corrected chi connectivity index (χ2v) is 2.75. The molecule has 0 atom stereocenters. The maximum atomic E-state index is 9.19. The van der Waals surface area contributed by atoms with Crippen molar-refractivity contribution in [2.75, 3.05) is 0 Å². The number of phenolic OH excluding ortho intramolecular Hbond substituents is 1. The first-order valence-electron chi connectivity index (χ1n) is 3.93. The van der Waals surface area contributed by atoms with Crippen molar-refractivity contribution in [2.45, 2.75) is 6.42 Å². The predicted molar refractivity (Wildman–Crippen MR) is 46.3 cm³/mol. The van der Waals surface area contributed by atoms with Gasteiger partial charge >= 0.3 is 0 Å². The molecule has 0 aliphatic rings. The molecule has 0 amide bonds. The molecule has 1 aromatic heterocycles. The number of aromatic hydroxyl groups is 1. The molecule has 0 aliphatic carbocycles. The van der Waals surface area contributed by atoms with Crippen LogP contribution in [0.15, 0.2) is 35.1 Å². The fourth-order valence-electron chi connectivity index (χ4n) is 1.15. The van der Waals surface area contributed by atoms with Crippen LogP contribution in [0.1, 0.15) is 11.3 Å². The molecule has 65 valence electrons. The molecule has 1 heterocycles. The van der Waals surface area contributed by atoms with Crippen LogP contribution in [-0.4, -0.2) is 10.3 Å². The molecule has 0 aliphatic heterocycles. The van der Waals surface area contributed by atoms with E-state index in [-0.39, 0.29) is 5.75 Å². The highest BCUT2D eigenvalue weighted by molar-refractivity contribution is 5.29. The summed E-state index contributed by atoms with van der Waals surface area (Å²) in [6, 6.07) is 9.89. The van der Waals surface area contributed by atoms with E-state index in [0.717, 1.165) is 11.3 Å². The summed E-state index contributed by atoms with van der Waals surface area (Å²) >= 11 is 0. The van der Waals surface area contributed by atoms with Crippen molar-refractivity contribution in [3.8, 4) is 5.75 Å². The van der Waals surface area contributed by atoms with Gasteiger partial charge in [0.2, 0.25) is 0 Å². The molecule has 1 radical (unpaired) electrons. The highest BCUT2D eigenvalue weighted by atomic mass is 16.5. The maximum Gasteiger partial charge on any atom is 0.132 e. The molecule has 0 unspecified atom stereocenters. The van der Waals surface area contributed by atoms with Gasteiger partial charge in [-0.25, -0.2) is 0 Å². The van der Waals surface area contributed by atoms with Gasteiger partial charge in [-0.3, -0.25) is 0 Å². The summed E-state index contributed by atoms with van der Waals surface area (Å²) in [5, 5.41) is 12.9. The standard InChI is InChI=1S/C10H8NO2/c12-10-3-1-2-8(7-10)6-9-4-5-13-11-9/h1-3,5,7,12H,6H2. The van der Waals surface area contributed by atoms with Gasteiger partial charge in [-0.05, 0) is 17.7 Å². The molecule has 0 saturated heterocycles. The van der Waals surface area contributed by atoms with Crippen molar-refractivity contribution in [2.24, 2.45) is 0 Å². The Labute approximate surface area is 75.6 Å². The Hall–Kier alpha value is -1.77. The summed E-state index contributed by atoms with van der Waals surface area (Å²) in [5.74, 6) is 0.265. The van der Waals surface area contributed by atoms with Crippen molar-refractivity contribution in [3.05, 3.63) is 47.9 Å². The lowest BCUT2D eigenvalue weighted by Crippen LogP contribution is -1.87. The van der Waals surface area contributed by atoms with E-state index in [1.807, 2.05) is 6.07 Å². The van der Waals surface area contributed by atoms with E-state index in [1.54, 1.807) is 18.2 Å². The van der Waals surface area contributed by atoms with Gasteiger partial charge in [-0.2, -0.15) is 0 Å². The molecule has 0 spiro atoms. The number of benzene rings is 1. The summed E-state index contributed by atoms with van der Waals surface area (Å²) in [5.41, 5.74) is 1.73. The minimum Gasteiger partial charge on any atom is -0.508 e. The average molecular weight is 174 g/mol. The lowest BCUT2D eigenvalue weighted by Gasteiger charge is -1.97. The van der Waals surface area contributed by atoms with Gasteiger partial charge in [0, 0.05) is 6.42 Å². The van der Waals surface area contributed by atoms with E-state index < -0.39 is 0 Å². The molecule has 2 rings (SSSR count). The summed E-state index contributed by atoms with van der Waals surface area (Å²) in [7, 11) is 0. The maximum absolute atomic E-state index is 9.19. The van der Waals surface area contributed by atoms with Gasteiger partial charge in [0.25, 0.3) is 0 Å². The smallest absolute Gasteiger partial charge is 0.132 e. The van der Waals surface area contributed by atoms with Crippen LogP contribution in [0.5, 0.6) is 5.75 Å². The Morgan fingerprint density at radius 2 is 2.38 bits per heavy atom. The first-order chi connectivity index (χ1) is 6.34. The van der Waals surface area contributed by atoms with E-state index in [2.05, 4.69) is 15.7 Å². The molecular formula is C10H8NO2. The van der Waals surface area contributed by atoms with Crippen molar-refractivity contribution in [3.63, 3.8) is 0 Å². The molecule has 0 fully saturated rings. The van der Waals surface area contributed by atoms with Gasteiger partial charge < -0.3 is 9.63 Å². The fourth-order valence-corrected chi connectivity index (χ4v) is 1.15. The first kappa shape index (κ1) is 7.86. The van der Waals surface area contributed by atoms with Gasteiger partial charge in [-0.15, -0.1) is 0 Å². The molecule has 1 N–H and O–H groups in total. The zero-order chi connectivity index (χ0) is 9.10. The number of aromatic nitrogens is 1. The van der Waals surface area contributed by atoms with E-state index in [9.17, 15) is 5.11 Å². The summed E-state index contributed by atoms with van der Waals surface area (Å²) in [4.78, 5) is 0. The second-order valence-electron chi connectivity index (χ2n) is 2.75. The minimum absolute atomic E-state index is 0.265. The van der Waals surface area contributed by atoms with Crippen molar-refractivity contribution in [1.29, 1.82) is 0 Å². The van der Waals surface area contributed by atoms with Crippen LogP contribution in [-0.2, 0) is 6.42 Å². The highest BCUT2D eigenvalue weighted by Gasteiger charge is 1.99. The van der Waals surface area contributed by atoms with Crippen LogP contribution in [0.3, 0.4) is 0 Å². The Morgan fingerprint density at radius 3 is 3.08 bits per heavy atom. The van der Waals surface area contributed by atoms with E-state index in [4.69, 9.17) is 0 Å². The normalized spacial score (nSPS) is 10.2. The zero-order valence-corrected chi connectivity index (χ0v) is 6.90. The van der Waals surface area contributed by atoms with Crippen molar-refractivity contribution >= 4 is 0 Å². The third kappa shape index (κ3) is 1.87. The van der Waals surface area contributed by atoms with Crippen LogP contribution >= 0.6 is 0 Å². The molecular weight excluding hydrogens is 166 g/mol. The number of nitrogens with zero attached hydrogens (tertiary/aromatic N) is 1. The minimum atomic E-state index is 0.265. The summed E-state index contributed by atoms with van der Waals surface area (Å²) in [6.45, 7) is 0. The van der Waals surface area contributed by atoms with Crippen molar-refractivity contribution in [1.82, 2.24) is 5.16 Å². The Morgan fingerprint density at radius 1 is 1.46 bits per heavy atom. The highest BCUT2D eigenvalue weighted by Crippen LogP contribution is 2.13. The Kier molecular flexibility index (Phi) is 2.00. The van der Waals surface area contributed by atoms with Gasteiger partial charge in [0.1, 0.15) is 12.0 Å². The second kappa shape index (κ2) is 3.31. The zero-order valence-electron chi connectivity index (χ0n) is 6.90. The monoisotopic (exact) mass is 174 g/mol. The summed E-state index contributed by atoms with van der Waals surface area (Å²) in [6.07, 6.45) is 2.04. The quantitative estimate of drug-likeness (QED) is 0.754. The third-order valence-electron chi connectivity index (χ3n) is 1.72. The van der Waals surface area contributed by atoms with Crippen molar-refractivity contribution < 1.29 is 9.63 Å². The Bertz CT molecular complexity index is 382.